The molecular weight excluding hydrogens is 563 g/mol. The van der Waals surface area contributed by atoms with Crippen molar-refractivity contribution in [1.82, 2.24) is 4.90 Å². The summed E-state index contributed by atoms with van der Waals surface area (Å²) in [4.78, 5) is 31.3. The van der Waals surface area contributed by atoms with E-state index in [1.165, 1.54) is 6.07 Å². The van der Waals surface area contributed by atoms with Crippen LogP contribution in [0.2, 0.25) is 0 Å². The molecule has 9 heteroatoms. The molecule has 4 unspecified atom stereocenters. The Labute approximate surface area is 261 Å². The van der Waals surface area contributed by atoms with Gasteiger partial charge in [-0.3, -0.25) is 14.5 Å². The summed E-state index contributed by atoms with van der Waals surface area (Å²) < 4.78 is 31.1. The highest BCUT2D eigenvalue weighted by Crippen LogP contribution is 2.47. The number of carboxylic acids is 1. The molecule has 2 aliphatic rings. The van der Waals surface area contributed by atoms with E-state index in [2.05, 4.69) is 32.6 Å². The van der Waals surface area contributed by atoms with Crippen molar-refractivity contribution in [3.63, 3.8) is 0 Å². The van der Waals surface area contributed by atoms with Crippen LogP contribution in [-0.2, 0) is 9.59 Å². The molecule has 4 atom stereocenters. The number of anilines is 1. The fourth-order valence-electron chi connectivity index (χ4n) is 7.17. The van der Waals surface area contributed by atoms with Crippen molar-refractivity contribution in [2.75, 3.05) is 31.9 Å². The number of fused-ring (bicyclic) bond motifs is 1. The number of amides is 1. The molecule has 0 aromatic heterocycles. The maximum atomic E-state index is 14.4. The summed E-state index contributed by atoms with van der Waals surface area (Å²) in [7, 11) is 1.55. The van der Waals surface area contributed by atoms with E-state index < -0.39 is 11.9 Å². The number of methoxy groups -OCH3 is 1. The van der Waals surface area contributed by atoms with Crippen LogP contribution in [0.4, 0.5) is 10.1 Å². The summed E-state index contributed by atoms with van der Waals surface area (Å²) in [5.74, 6) is -0.539. The molecule has 0 radical (unpaired) electrons. The minimum absolute atomic E-state index is 0.0355. The third-order valence-electron chi connectivity index (χ3n) is 9.20. The maximum absolute atomic E-state index is 14.4. The molecule has 0 spiro atoms. The number of hydrogen-bond donors (Lipinski definition) is 1. The third-order valence-corrected chi connectivity index (χ3v) is 9.20. The number of nitrogens with zero attached hydrogens (tertiary/aromatic N) is 2. The fourth-order valence-corrected chi connectivity index (χ4v) is 7.17. The van der Waals surface area contributed by atoms with E-state index in [9.17, 15) is 19.1 Å². The molecule has 1 amide bonds. The number of hydrogen-bond acceptors (Lipinski definition) is 6. The lowest BCUT2D eigenvalue weighted by Crippen LogP contribution is -2.48. The van der Waals surface area contributed by atoms with Gasteiger partial charge in [-0.2, -0.15) is 0 Å². The lowest BCUT2D eigenvalue weighted by molar-refractivity contribution is -0.143. The molecule has 0 aliphatic carbocycles. The highest BCUT2D eigenvalue weighted by Gasteiger charge is 2.48. The Bertz CT molecular complexity index is 1300. The third kappa shape index (κ3) is 7.31. The van der Waals surface area contributed by atoms with Crippen LogP contribution in [0.5, 0.6) is 17.2 Å². The van der Waals surface area contributed by atoms with Crippen molar-refractivity contribution < 1.29 is 33.3 Å². The number of ether oxygens (including phenoxy) is 3. The Hall–Kier alpha value is -3.33. The minimum atomic E-state index is -0.879. The number of carboxylic acid groups (broad SMARTS) is 1. The lowest BCUT2D eigenvalue weighted by Gasteiger charge is -2.35. The number of aryl methyl sites for hydroxylation is 1. The van der Waals surface area contributed by atoms with Gasteiger partial charge in [0.25, 0.3) is 0 Å². The van der Waals surface area contributed by atoms with Crippen LogP contribution in [0.1, 0.15) is 89.7 Å². The average Bonchev–Trinajstić information content (AvgIpc) is 3.60. The van der Waals surface area contributed by atoms with E-state index in [0.29, 0.717) is 47.4 Å². The van der Waals surface area contributed by atoms with Gasteiger partial charge in [-0.15, -0.1) is 0 Å². The molecule has 2 heterocycles. The second kappa shape index (κ2) is 15.1. The molecule has 44 heavy (non-hydrogen) atoms. The highest BCUT2D eigenvalue weighted by atomic mass is 19.1. The predicted molar refractivity (Wildman–Crippen MR) is 169 cm³/mol. The SMILES string of the molecule is CCCC(C)CC1C(C(=O)O)C(c2cc(OC)c3c(c2)OCO3)CN1CC(=O)N(c1ccc(F)c(C)c1)C(CCC)CCC. The van der Waals surface area contributed by atoms with Crippen LogP contribution in [0.15, 0.2) is 30.3 Å². The van der Waals surface area contributed by atoms with Gasteiger partial charge in [0.05, 0.1) is 19.6 Å². The number of rotatable bonds is 15. The van der Waals surface area contributed by atoms with Gasteiger partial charge in [0.15, 0.2) is 11.5 Å². The molecule has 2 aromatic carbocycles. The van der Waals surface area contributed by atoms with Crippen molar-refractivity contribution in [2.45, 2.75) is 97.6 Å². The molecule has 2 aliphatic heterocycles. The summed E-state index contributed by atoms with van der Waals surface area (Å²) in [5.41, 5.74) is 1.97. The average molecular weight is 613 g/mol. The first-order valence-electron chi connectivity index (χ1n) is 16.2. The zero-order valence-corrected chi connectivity index (χ0v) is 27.1. The monoisotopic (exact) mass is 612 g/mol. The normalized spacial score (nSPS) is 20.2. The molecule has 4 rings (SSSR count). The van der Waals surface area contributed by atoms with Crippen molar-refractivity contribution in [3.05, 3.63) is 47.3 Å². The van der Waals surface area contributed by atoms with Crippen molar-refractivity contribution in [2.24, 2.45) is 11.8 Å². The van der Waals surface area contributed by atoms with E-state index in [-0.39, 0.29) is 43.1 Å². The van der Waals surface area contributed by atoms with Crippen LogP contribution < -0.4 is 19.1 Å². The van der Waals surface area contributed by atoms with E-state index in [1.807, 2.05) is 17.0 Å². The van der Waals surface area contributed by atoms with E-state index >= 15 is 0 Å². The van der Waals surface area contributed by atoms with Gasteiger partial charge in [0.2, 0.25) is 18.4 Å². The van der Waals surface area contributed by atoms with Gasteiger partial charge in [-0.25, -0.2) is 4.39 Å². The molecule has 8 nitrogen and oxygen atoms in total. The molecule has 1 saturated heterocycles. The van der Waals surface area contributed by atoms with Crippen molar-refractivity contribution >= 4 is 17.6 Å². The summed E-state index contributed by atoms with van der Waals surface area (Å²) in [6, 6.07) is 8.18. The molecule has 0 bridgehead atoms. The number of carbonyl (C=O) groups is 2. The maximum Gasteiger partial charge on any atom is 0.308 e. The molecule has 1 fully saturated rings. The minimum Gasteiger partial charge on any atom is -0.493 e. The van der Waals surface area contributed by atoms with Gasteiger partial charge >= 0.3 is 5.97 Å². The molecular formula is C35H49FN2O6. The Morgan fingerprint density at radius 1 is 1.09 bits per heavy atom. The number of halogens is 1. The number of likely N-dealkylation sites (tertiary alicyclic amines) is 1. The zero-order valence-electron chi connectivity index (χ0n) is 27.1. The second-order valence-electron chi connectivity index (χ2n) is 12.5. The van der Waals surface area contributed by atoms with Gasteiger partial charge in [0.1, 0.15) is 5.82 Å². The van der Waals surface area contributed by atoms with Gasteiger partial charge in [0, 0.05) is 30.2 Å². The summed E-state index contributed by atoms with van der Waals surface area (Å²) in [6.07, 6.45) is 6.10. The first-order valence-corrected chi connectivity index (χ1v) is 16.2. The summed E-state index contributed by atoms with van der Waals surface area (Å²) in [6.45, 7) is 10.8. The Kier molecular flexibility index (Phi) is 11.5. The van der Waals surface area contributed by atoms with Gasteiger partial charge in [-0.05, 0) is 73.6 Å². The van der Waals surface area contributed by atoms with Gasteiger partial charge in [-0.1, -0.05) is 53.4 Å². The Morgan fingerprint density at radius 2 is 1.80 bits per heavy atom. The Morgan fingerprint density at radius 3 is 2.41 bits per heavy atom. The standard InChI is InChI=1S/C35H49FN2O6/c1-7-10-22(4)15-29-33(35(40)41)27(24-17-30(42-6)34-31(18-24)43-21-44-34)19-37(29)20-32(39)38(25(11-8-2)12-9-3)26-13-14-28(36)23(5)16-26/h13-14,16-18,22,25,27,29,33H,7-12,15,19-21H2,1-6H3,(H,40,41). The highest BCUT2D eigenvalue weighted by molar-refractivity contribution is 5.95. The Balaban J connectivity index is 1.73. The molecule has 0 saturated carbocycles. The zero-order chi connectivity index (χ0) is 32.0. The molecule has 242 valence electrons. The number of benzene rings is 2. The quantitative estimate of drug-likeness (QED) is 0.228. The lowest BCUT2D eigenvalue weighted by atomic mass is 9.81. The largest absolute Gasteiger partial charge is 0.493 e. The van der Waals surface area contributed by atoms with Crippen LogP contribution in [0.3, 0.4) is 0 Å². The van der Waals surface area contributed by atoms with Gasteiger partial charge < -0.3 is 24.2 Å². The second-order valence-corrected chi connectivity index (χ2v) is 12.5. The summed E-state index contributed by atoms with van der Waals surface area (Å²) in [5, 5.41) is 10.7. The van der Waals surface area contributed by atoms with E-state index in [0.717, 1.165) is 44.1 Å². The first kappa shape index (κ1) is 33.6. The topological polar surface area (TPSA) is 88.5 Å². The number of carbonyl (C=O) groups excluding carboxylic acids is 1. The van der Waals surface area contributed by atoms with Crippen LogP contribution >= 0.6 is 0 Å². The van der Waals surface area contributed by atoms with Crippen LogP contribution in [0, 0.1) is 24.6 Å². The predicted octanol–water partition coefficient (Wildman–Crippen LogP) is 7.17. The van der Waals surface area contributed by atoms with E-state index in [1.54, 1.807) is 26.2 Å². The van der Waals surface area contributed by atoms with Crippen molar-refractivity contribution in [3.8, 4) is 17.2 Å². The molecule has 2 aromatic rings. The molecule has 1 N–H and O–H groups in total. The smallest absolute Gasteiger partial charge is 0.308 e. The fraction of sp³-hybridized carbons (Fsp3) is 0.600. The van der Waals surface area contributed by atoms with Crippen LogP contribution in [0.25, 0.3) is 0 Å². The van der Waals surface area contributed by atoms with E-state index in [4.69, 9.17) is 14.2 Å². The summed E-state index contributed by atoms with van der Waals surface area (Å²) >= 11 is 0. The van der Waals surface area contributed by atoms with Crippen molar-refractivity contribution in [1.29, 1.82) is 0 Å². The van der Waals surface area contributed by atoms with Crippen LogP contribution in [-0.4, -0.2) is 61.0 Å². The first-order chi connectivity index (χ1) is 21.1. The number of aliphatic carboxylic acids is 1.